The van der Waals surface area contributed by atoms with E-state index in [1.165, 1.54) is 12.8 Å². The Bertz CT molecular complexity index is 292. The van der Waals surface area contributed by atoms with E-state index in [1.807, 2.05) is 0 Å². The molecule has 0 radical (unpaired) electrons. The summed E-state index contributed by atoms with van der Waals surface area (Å²) in [7, 11) is 0. The van der Waals surface area contributed by atoms with Gasteiger partial charge in [0.25, 0.3) is 0 Å². The van der Waals surface area contributed by atoms with Crippen LogP contribution in [0.5, 0.6) is 0 Å². The first-order valence-electron chi connectivity index (χ1n) is 7.97. The Morgan fingerprint density at radius 3 is 2.68 bits per heavy atom. The molecule has 4 unspecified atom stereocenters. The first-order chi connectivity index (χ1) is 8.95. The summed E-state index contributed by atoms with van der Waals surface area (Å²) < 4.78 is 5.53. The van der Waals surface area contributed by atoms with Crippen LogP contribution in [0.25, 0.3) is 0 Å². The minimum absolute atomic E-state index is 0.149. The average molecular weight is 269 g/mol. The highest BCUT2D eigenvalue weighted by atomic mass is 16.5. The highest BCUT2D eigenvalue weighted by Gasteiger charge is 2.40. The number of aliphatic hydroxyl groups is 1. The van der Waals surface area contributed by atoms with Gasteiger partial charge in [0.05, 0.1) is 19.3 Å². The van der Waals surface area contributed by atoms with E-state index in [0.29, 0.717) is 17.5 Å². The number of ether oxygens (including phenoxy) is 1. The van der Waals surface area contributed by atoms with Crippen molar-refractivity contribution in [3.8, 4) is 0 Å². The molecule has 2 rings (SSSR count). The predicted octanol–water partition coefficient (Wildman–Crippen LogP) is 2.67. The quantitative estimate of drug-likeness (QED) is 0.855. The minimum atomic E-state index is -0.149. The third-order valence-electron chi connectivity index (χ3n) is 5.64. The molecular weight excluding hydrogens is 238 g/mol. The maximum atomic E-state index is 10.4. The first kappa shape index (κ1) is 15.3. The molecular formula is C16H31NO2. The standard InChI is InChI=1S/C16H31NO2/c1-5-16(3,4)13-6-7-15(18)14(10-13)17-8-9-19-11-12(17)2/h12-15,18H,5-11H2,1-4H3. The Kier molecular flexibility index (Phi) is 4.91. The van der Waals surface area contributed by atoms with E-state index in [0.717, 1.165) is 38.5 Å². The van der Waals surface area contributed by atoms with Crippen LogP contribution in [-0.4, -0.2) is 48.0 Å². The van der Waals surface area contributed by atoms with E-state index < -0.39 is 0 Å². The Hall–Kier alpha value is -0.120. The minimum Gasteiger partial charge on any atom is -0.391 e. The van der Waals surface area contributed by atoms with Gasteiger partial charge >= 0.3 is 0 Å². The molecule has 1 saturated heterocycles. The van der Waals surface area contributed by atoms with Gasteiger partial charge < -0.3 is 9.84 Å². The molecule has 0 bridgehead atoms. The van der Waals surface area contributed by atoms with Gasteiger partial charge in [-0.1, -0.05) is 27.2 Å². The number of nitrogens with zero attached hydrogens (tertiary/aromatic N) is 1. The van der Waals surface area contributed by atoms with Crippen molar-refractivity contribution in [2.24, 2.45) is 11.3 Å². The van der Waals surface area contributed by atoms with Gasteiger partial charge in [0.1, 0.15) is 0 Å². The Morgan fingerprint density at radius 1 is 1.32 bits per heavy atom. The van der Waals surface area contributed by atoms with Crippen molar-refractivity contribution in [2.75, 3.05) is 19.8 Å². The van der Waals surface area contributed by atoms with Gasteiger partial charge in [-0.15, -0.1) is 0 Å². The van der Waals surface area contributed by atoms with Gasteiger partial charge in [0.15, 0.2) is 0 Å². The van der Waals surface area contributed by atoms with Gasteiger partial charge in [0, 0.05) is 18.6 Å². The zero-order valence-electron chi connectivity index (χ0n) is 13.1. The maximum absolute atomic E-state index is 10.4. The van der Waals surface area contributed by atoms with Crippen LogP contribution in [0.3, 0.4) is 0 Å². The van der Waals surface area contributed by atoms with E-state index in [4.69, 9.17) is 4.74 Å². The molecule has 112 valence electrons. The normalized spacial score (nSPS) is 38.4. The maximum Gasteiger partial charge on any atom is 0.0695 e. The molecule has 1 aliphatic carbocycles. The van der Waals surface area contributed by atoms with Crippen molar-refractivity contribution in [3.05, 3.63) is 0 Å². The highest BCUT2D eigenvalue weighted by Crippen LogP contribution is 2.42. The van der Waals surface area contributed by atoms with E-state index in [9.17, 15) is 5.11 Å². The molecule has 1 saturated carbocycles. The lowest BCUT2D eigenvalue weighted by atomic mass is 9.67. The number of hydrogen-bond donors (Lipinski definition) is 1. The molecule has 2 aliphatic rings. The van der Waals surface area contributed by atoms with Crippen LogP contribution in [0.4, 0.5) is 0 Å². The summed E-state index contributed by atoms with van der Waals surface area (Å²) in [6.07, 6.45) is 4.36. The molecule has 0 amide bonds. The number of hydrogen-bond acceptors (Lipinski definition) is 3. The summed E-state index contributed by atoms with van der Waals surface area (Å²) in [5.41, 5.74) is 0.397. The summed E-state index contributed by atoms with van der Waals surface area (Å²) in [5, 5.41) is 10.4. The lowest BCUT2D eigenvalue weighted by Crippen LogP contribution is -2.56. The van der Waals surface area contributed by atoms with Crippen LogP contribution < -0.4 is 0 Å². The molecule has 0 aromatic carbocycles. The molecule has 0 aromatic rings. The second-order valence-electron chi connectivity index (χ2n) is 7.15. The van der Waals surface area contributed by atoms with Crippen molar-refractivity contribution in [2.45, 2.75) is 71.6 Å². The molecule has 1 aliphatic heterocycles. The largest absolute Gasteiger partial charge is 0.391 e. The van der Waals surface area contributed by atoms with Gasteiger partial charge in [0.2, 0.25) is 0 Å². The van der Waals surface area contributed by atoms with Crippen molar-refractivity contribution in [1.29, 1.82) is 0 Å². The lowest BCUT2D eigenvalue weighted by Gasteiger charge is -2.48. The monoisotopic (exact) mass is 269 g/mol. The SMILES string of the molecule is CCC(C)(C)C1CCC(O)C(N2CCOCC2C)C1. The second kappa shape index (κ2) is 6.11. The first-order valence-corrected chi connectivity index (χ1v) is 7.97. The highest BCUT2D eigenvalue weighted by molar-refractivity contribution is 4.93. The summed E-state index contributed by atoms with van der Waals surface area (Å²) in [5.74, 6) is 0.737. The molecule has 0 aromatic heterocycles. The fraction of sp³-hybridized carbons (Fsp3) is 1.00. The molecule has 19 heavy (non-hydrogen) atoms. The van der Waals surface area contributed by atoms with Crippen LogP contribution in [0.2, 0.25) is 0 Å². The van der Waals surface area contributed by atoms with E-state index in [2.05, 4.69) is 32.6 Å². The number of morpholine rings is 1. The topological polar surface area (TPSA) is 32.7 Å². The third-order valence-corrected chi connectivity index (χ3v) is 5.64. The Balaban J connectivity index is 2.05. The molecule has 0 spiro atoms. The summed E-state index contributed by atoms with van der Waals surface area (Å²) in [4.78, 5) is 2.49. The van der Waals surface area contributed by atoms with Gasteiger partial charge in [-0.25, -0.2) is 0 Å². The lowest BCUT2D eigenvalue weighted by molar-refractivity contribution is -0.0816. The summed E-state index contributed by atoms with van der Waals surface area (Å²) in [6, 6.07) is 0.778. The van der Waals surface area contributed by atoms with Crippen LogP contribution in [0, 0.1) is 11.3 Å². The van der Waals surface area contributed by atoms with Crippen LogP contribution >= 0.6 is 0 Å². The molecule has 1 heterocycles. The number of aliphatic hydroxyl groups excluding tert-OH is 1. The molecule has 3 heteroatoms. The zero-order valence-corrected chi connectivity index (χ0v) is 13.1. The van der Waals surface area contributed by atoms with Gasteiger partial charge in [-0.05, 0) is 37.5 Å². The van der Waals surface area contributed by atoms with E-state index in [1.54, 1.807) is 0 Å². The Morgan fingerprint density at radius 2 is 2.05 bits per heavy atom. The second-order valence-corrected chi connectivity index (χ2v) is 7.15. The van der Waals surface area contributed by atoms with Crippen LogP contribution in [0.1, 0.15) is 53.4 Å². The van der Waals surface area contributed by atoms with E-state index >= 15 is 0 Å². The smallest absolute Gasteiger partial charge is 0.0695 e. The van der Waals surface area contributed by atoms with Crippen LogP contribution in [0.15, 0.2) is 0 Å². The molecule has 2 fully saturated rings. The number of rotatable bonds is 3. The van der Waals surface area contributed by atoms with Crippen LogP contribution in [-0.2, 0) is 4.74 Å². The zero-order chi connectivity index (χ0) is 14.0. The summed E-state index contributed by atoms with van der Waals surface area (Å²) >= 11 is 0. The van der Waals surface area contributed by atoms with Crippen molar-refractivity contribution in [3.63, 3.8) is 0 Å². The summed E-state index contributed by atoms with van der Waals surface area (Å²) in [6.45, 7) is 11.9. The van der Waals surface area contributed by atoms with Crippen molar-refractivity contribution >= 4 is 0 Å². The van der Waals surface area contributed by atoms with Crippen molar-refractivity contribution in [1.82, 2.24) is 4.90 Å². The predicted molar refractivity (Wildman–Crippen MR) is 78.2 cm³/mol. The molecule has 3 nitrogen and oxygen atoms in total. The Labute approximate surface area is 118 Å². The third kappa shape index (κ3) is 3.32. The molecule has 1 N–H and O–H groups in total. The van der Waals surface area contributed by atoms with E-state index in [-0.39, 0.29) is 6.10 Å². The average Bonchev–Trinajstić information content (AvgIpc) is 2.40. The van der Waals surface area contributed by atoms with Crippen molar-refractivity contribution < 1.29 is 9.84 Å². The fourth-order valence-corrected chi connectivity index (χ4v) is 3.72. The molecule has 4 atom stereocenters. The van der Waals surface area contributed by atoms with Gasteiger partial charge in [-0.2, -0.15) is 0 Å². The van der Waals surface area contributed by atoms with Gasteiger partial charge in [-0.3, -0.25) is 4.90 Å². The fourth-order valence-electron chi connectivity index (χ4n) is 3.72.